The van der Waals surface area contributed by atoms with E-state index in [0.29, 0.717) is 0 Å². The van der Waals surface area contributed by atoms with E-state index < -0.39 is 0 Å². The SMILES string of the molecule is CCCCCCC/C=C/CCC1=NCCN1C(C)N. The van der Waals surface area contributed by atoms with Crippen LogP contribution in [0, 0.1) is 0 Å². The Balaban J connectivity index is 2.03. The Morgan fingerprint density at radius 1 is 1.21 bits per heavy atom. The van der Waals surface area contributed by atoms with E-state index >= 15 is 0 Å². The normalized spacial score (nSPS) is 17.2. The topological polar surface area (TPSA) is 41.6 Å². The molecule has 0 aromatic rings. The van der Waals surface area contributed by atoms with Crippen molar-refractivity contribution in [2.75, 3.05) is 13.1 Å². The number of nitrogens with zero attached hydrogens (tertiary/aromatic N) is 2. The molecule has 0 saturated carbocycles. The standard InChI is InChI=1S/C16H31N3/c1-3-4-5-6-7-8-9-10-11-12-16-18-13-14-19(16)15(2)17/h9-10,15H,3-8,11-14,17H2,1-2H3/b10-9+. The van der Waals surface area contributed by atoms with Gasteiger partial charge in [-0.25, -0.2) is 0 Å². The number of amidine groups is 1. The predicted octanol–water partition coefficient (Wildman–Crippen LogP) is 3.70. The van der Waals surface area contributed by atoms with Crippen molar-refractivity contribution >= 4 is 5.84 Å². The van der Waals surface area contributed by atoms with Crippen LogP contribution in [0.1, 0.15) is 65.2 Å². The van der Waals surface area contributed by atoms with Gasteiger partial charge in [-0.3, -0.25) is 4.99 Å². The molecular formula is C16H31N3. The predicted molar refractivity (Wildman–Crippen MR) is 84.4 cm³/mol. The van der Waals surface area contributed by atoms with Crippen LogP contribution in [-0.2, 0) is 0 Å². The molecule has 1 aliphatic rings. The van der Waals surface area contributed by atoms with Crippen molar-refractivity contribution < 1.29 is 0 Å². The van der Waals surface area contributed by atoms with Gasteiger partial charge in [-0.2, -0.15) is 0 Å². The van der Waals surface area contributed by atoms with Gasteiger partial charge in [0.25, 0.3) is 0 Å². The molecule has 1 atom stereocenters. The Hall–Kier alpha value is -0.830. The molecule has 1 rings (SSSR count). The fraction of sp³-hybridized carbons (Fsp3) is 0.812. The zero-order valence-corrected chi connectivity index (χ0v) is 12.8. The van der Waals surface area contributed by atoms with Crippen LogP contribution < -0.4 is 5.73 Å². The first kappa shape index (κ1) is 16.2. The van der Waals surface area contributed by atoms with E-state index in [1.165, 1.54) is 44.4 Å². The summed E-state index contributed by atoms with van der Waals surface area (Å²) in [6.45, 7) is 6.20. The highest BCUT2D eigenvalue weighted by Crippen LogP contribution is 2.10. The third-order valence-electron chi connectivity index (χ3n) is 3.63. The Morgan fingerprint density at radius 2 is 1.95 bits per heavy atom. The maximum absolute atomic E-state index is 5.93. The van der Waals surface area contributed by atoms with Crippen LogP contribution in [0.15, 0.2) is 17.1 Å². The van der Waals surface area contributed by atoms with Gasteiger partial charge in [-0.1, -0.05) is 44.8 Å². The van der Waals surface area contributed by atoms with Crippen molar-refractivity contribution in [2.24, 2.45) is 10.7 Å². The fourth-order valence-corrected chi connectivity index (χ4v) is 2.48. The highest BCUT2D eigenvalue weighted by atomic mass is 15.3. The molecule has 0 fully saturated rings. The van der Waals surface area contributed by atoms with E-state index in [2.05, 4.69) is 29.0 Å². The van der Waals surface area contributed by atoms with Crippen LogP contribution in [-0.4, -0.2) is 30.0 Å². The Labute approximate surface area is 119 Å². The summed E-state index contributed by atoms with van der Waals surface area (Å²) >= 11 is 0. The maximum atomic E-state index is 5.93. The summed E-state index contributed by atoms with van der Waals surface area (Å²) in [5.74, 6) is 1.20. The summed E-state index contributed by atoms with van der Waals surface area (Å²) < 4.78 is 0. The molecule has 19 heavy (non-hydrogen) atoms. The maximum Gasteiger partial charge on any atom is 0.101 e. The van der Waals surface area contributed by atoms with Crippen molar-refractivity contribution in [3.8, 4) is 0 Å². The number of nitrogens with two attached hydrogens (primary N) is 1. The average Bonchev–Trinajstić information content (AvgIpc) is 2.85. The third-order valence-corrected chi connectivity index (χ3v) is 3.63. The van der Waals surface area contributed by atoms with Crippen molar-refractivity contribution in [2.45, 2.75) is 71.4 Å². The molecule has 2 N–H and O–H groups in total. The molecule has 110 valence electrons. The second-order valence-electron chi connectivity index (χ2n) is 5.44. The lowest BCUT2D eigenvalue weighted by Crippen LogP contribution is -2.41. The lowest BCUT2D eigenvalue weighted by molar-refractivity contribution is 0.360. The van der Waals surface area contributed by atoms with E-state index in [1.807, 2.05) is 6.92 Å². The summed E-state index contributed by atoms with van der Waals surface area (Å²) in [7, 11) is 0. The number of hydrogen-bond donors (Lipinski definition) is 1. The van der Waals surface area contributed by atoms with Gasteiger partial charge in [0.2, 0.25) is 0 Å². The summed E-state index contributed by atoms with van der Waals surface area (Å²) in [6, 6.07) is 0. The van der Waals surface area contributed by atoms with Gasteiger partial charge in [0.15, 0.2) is 0 Å². The number of aliphatic imine (C=N–C) groups is 1. The molecule has 1 unspecified atom stereocenters. The van der Waals surface area contributed by atoms with Gasteiger partial charge in [0.05, 0.1) is 12.7 Å². The first-order valence-corrected chi connectivity index (χ1v) is 7.96. The lowest BCUT2D eigenvalue weighted by Gasteiger charge is -2.24. The zero-order valence-electron chi connectivity index (χ0n) is 12.8. The molecule has 3 nitrogen and oxygen atoms in total. The van der Waals surface area contributed by atoms with Crippen molar-refractivity contribution in [1.82, 2.24) is 4.90 Å². The highest BCUT2D eigenvalue weighted by Gasteiger charge is 2.18. The van der Waals surface area contributed by atoms with Gasteiger partial charge in [0, 0.05) is 13.0 Å². The van der Waals surface area contributed by atoms with Crippen LogP contribution in [0.2, 0.25) is 0 Å². The van der Waals surface area contributed by atoms with Crippen LogP contribution >= 0.6 is 0 Å². The molecular weight excluding hydrogens is 234 g/mol. The van der Waals surface area contributed by atoms with Crippen molar-refractivity contribution in [3.63, 3.8) is 0 Å². The molecule has 0 spiro atoms. The third kappa shape index (κ3) is 6.76. The molecule has 3 heteroatoms. The summed E-state index contributed by atoms with van der Waals surface area (Å²) in [5, 5.41) is 0. The number of rotatable bonds is 10. The quantitative estimate of drug-likeness (QED) is 0.483. The van der Waals surface area contributed by atoms with Crippen LogP contribution in [0.5, 0.6) is 0 Å². The van der Waals surface area contributed by atoms with Crippen molar-refractivity contribution in [1.29, 1.82) is 0 Å². The molecule has 0 amide bonds. The first-order chi connectivity index (χ1) is 9.25. The minimum atomic E-state index is 0.101. The second-order valence-corrected chi connectivity index (χ2v) is 5.44. The van der Waals surface area contributed by atoms with Crippen LogP contribution in [0.25, 0.3) is 0 Å². The van der Waals surface area contributed by atoms with Crippen LogP contribution in [0.3, 0.4) is 0 Å². The summed E-state index contributed by atoms with van der Waals surface area (Å²) in [6.07, 6.45) is 14.9. The molecule has 1 aliphatic heterocycles. The van der Waals surface area contributed by atoms with Crippen molar-refractivity contribution in [3.05, 3.63) is 12.2 Å². The van der Waals surface area contributed by atoms with E-state index in [9.17, 15) is 0 Å². The molecule has 0 aromatic heterocycles. The number of allylic oxidation sites excluding steroid dienone is 2. The van der Waals surface area contributed by atoms with Gasteiger partial charge in [-0.05, 0) is 26.2 Å². The average molecular weight is 265 g/mol. The number of hydrogen-bond acceptors (Lipinski definition) is 3. The van der Waals surface area contributed by atoms with Gasteiger partial charge < -0.3 is 10.6 Å². The Kier molecular flexibility index (Phi) is 8.55. The van der Waals surface area contributed by atoms with E-state index in [0.717, 1.165) is 25.9 Å². The Morgan fingerprint density at radius 3 is 2.68 bits per heavy atom. The summed E-state index contributed by atoms with van der Waals surface area (Å²) in [4.78, 5) is 6.76. The molecule has 0 aromatic carbocycles. The molecule has 0 saturated heterocycles. The van der Waals surface area contributed by atoms with Gasteiger partial charge in [-0.15, -0.1) is 0 Å². The van der Waals surface area contributed by atoms with E-state index in [1.54, 1.807) is 0 Å². The monoisotopic (exact) mass is 265 g/mol. The minimum Gasteiger partial charge on any atom is -0.343 e. The Bertz CT molecular complexity index is 282. The van der Waals surface area contributed by atoms with Crippen LogP contribution in [0.4, 0.5) is 0 Å². The fourth-order valence-electron chi connectivity index (χ4n) is 2.48. The second kappa shape index (κ2) is 10.0. The number of unbranched alkanes of at least 4 members (excludes halogenated alkanes) is 5. The van der Waals surface area contributed by atoms with E-state index in [4.69, 9.17) is 5.73 Å². The largest absolute Gasteiger partial charge is 0.343 e. The summed E-state index contributed by atoms with van der Waals surface area (Å²) in [5.41, 5.74) is 5.93. The zero-order chi connectivity index (χ0) is 13.9. The van der Waals surface area contributed by atoms with E-state index in [-0.39, 0.29) is 6.17 Å². The molecule has 0 aliphatic carbocycles. The molecule has 0 radical (unpaired) electrons. The minimum absolute atomic E-state index is 0.101. The van der Waals surface area contributed by atoms with Gasteiger partial charge in [0.1, 0.15) is 5.84 Å². The molecule has 1 heterocycles. The first-order valence-electron chi connectivity index (χ1n) is 7.96. The van der Waals surface area contributed by atoms with Gasteiger partial charge >= 0.3 is 0 Å². The smallest absolute Gasteiger partial charge is 0.101 e. The lowest BCUT2D eigenvalue weighted by atomic mass is 10.1. The molecule has 0 bridgehead atoms. The highest BCUT2D eigenvalue weighted by molar-refractivity contribution is 5.84.